The first kappa shape index (κ1) is 7.85. The predicted molar refractivity (Wildman–Crippen MR) is 40.6 cm³/mol. The topological polar surface area (TPSA) is 29.4 Å². The highest BCUT2D eigenvalue weighted by Crippen LogP contribution is 2.09. The molecule has 0 bridgehead atoms. The molecule has 2 nitrogen and oxygen atoms in total. The second-order valence-electron chi connectivity index (χ2n) is 2.37. The molecule has 0 unspecified atom stereocenters. The highest BCUT2D eigenvalue weighted by Gasteiger charge is 1.97. The van der Waals surface area contributed by atoms with Crippen molar-refractivity contribution in [2.75, 3.05) is 0 Å². The lowest BCUT2D eigenvalue weighted by atomic mass is 10.1. The van der Waals surface area contributed by atoms with Gasteiger partial charge in [-0.25, -0.2) is 4.39 Å². The molecule has 0 spiro atoms. The molecule has 0 aliphatic carbocycles. The van der Waals surface area contributed by atoms with Gasteiger partial charge in [0.2, 0.25) is 0 Å². The molecule has 58 valence electrons. The van der Waals surface area contributed by atoms with E-state index in [1.807, 2.05) is 0 Å². The van der Waals surface area contributed by atoms with Crippen molar-refractivity contribution < 1.29 is 4.39 Å². The largest absolute Gasteiger partial charge is 0.207 e. The van der Waals surface area contributed by atoms with E-state index in [0.717, 1.165) is 5.56 Å². The summed E-state index contributed by atoms with van der Waals surface area (Å²) in [6.45, 7) is 1.77. The fourth-order valence-electron chi connectivity index (χ4n) is 0.880. The van der Waals surface area contributed by atoms with Crippen LogP contribution in [-0.4, -0.2) is 0 Å². The number of nitrogens with zero attached hydrogens (tertiary/aromatic N) is 1. The second kappa shape index (κ2) is 3.23. The average molecular weight is 153 g/mol. The van der Waals surface area contributed by atoms with Crippen molar-refractivity contribution in [3.8, 4) is 0 Å². The Morgan fingerprint density at radius 3 is 2.82 bits per heavy atom. The highest BCUT2D eigenvalue weighted by atomic mass is 19.1. The van der Waals surface area contributed by atoms with Crippen molar-refractivity contribution in [3.63, 3.8) is 0 Å². The van der Waals surface area contributed by atoms with Gasteiger partial charge in [0, 0.05) is 0 Å². The molecule has 1 aromatic carbocycles. The zero-order chi connectivity index (χ0) is 8.27. The number of hydrogen-bond donors (Lipinski definition) is 0. The Balaban J connectivity index is 2.95. The van der Waals surface area contributed by atoms with Crippen molar-refractivity contribution in [2.45, 2.75) is 13.5 Å². The summed E-state index contributed by atoms with van der Waals surface area (Å²) in [5, 5.41) is 2.70. The molecule has 0 radical (unpaired) electrons. The molecular formula is C8H8FNO. The van der Waals surface area contributed by atoms with Crippen LogP contribution in [0, 0.1) is 17.6 Å². The molecule has 0 saturated carbocycles. The number of hydrogen-bond acceptors (Lipinski definition) is 2. The van der Waals surface area contributed by atoms with Gasteiger partial charge in [-0.1, -0.05) is 17.3 Å². The third-order valence-electron chi connectivity index (χ3n) is 1.47. The molecule has 0 atom stereocenters. The number of halogens is 1. The van der Waals surface area contributed by atoms with E-state index in [1.54, 1.807) is 19.1 Å². The van der Waals surface area contributed by atoms with Crippen LogP contribution in [0.2, 0.25) is 0 Å². The lowest BCUT2D eigenvalue weighted by Gasteiger charge is -1.97. The van der Waals surface area contributed by atoms with Crippen molar-refractivity contribution in [2.24, 2.45) is 5.18 Å². The quantitative estimate of drug-likeness (QED) is 0.600. The Hall–Kier alpha value is -1.25. The maximum atomic E-state index is 12.6. The van der Waals surface area contributed by atoms with Crippen LogP contribution in [0.15, 0.2) is 23.4 Å². The first-order valence-corrected chi connectivity index (χ1v) is 3.28. The van der Waals surface area contributed by atoms with Crippen LogP contribution in [-0.2, 0) is 6.54 Å². The SMILES string of the molecule is Cc1cc(CN=O)ccc1F. The van der Waals surface area contributed by atoms with Crippen LogP contribution in [0.5, 0.6) is 0 Å². The predicted octanol–water partition coefficient (Wildman–Crippen LogP) is 2.40. The summed E-state index contributed by atoms with van der Waals surface area (Å²) in [5.74, 6) is -0.250. The Labute approximate surface area is 64.0 Å². The van der Waals surface area contributed by atoms with Crippen LogP contribution in [0.1, 0.15) is 11.1 Å². The monoisotopic (exact) mass is 153 g/mol. The zero-order valence-electron chi connectivity index (χ0n) is 6.17. The lowest BCUT2D eigenvalue weighted by molar-refractivity contribution is 0.617. The molecular weight excluding hydrogens is 145 g/mol. The lowest BCUT2D eigenvalue weighted by Crippen LogP contribution is -1.85. The standard InChI is InChI=1S/C8H8FNO/c1-6-4-7(5-10-11)2-3-8(6)9/h2-4H,5H2,1H3. The van der Waals surface area contributed by atoms with E-state index in [-0.39, 0.29) is 12.4 Å². The van der Waals surface area contributed by atoms with Gasteiger partial charge in [-0.15, -0.1) is 0 Å². The van der Waals surface area contributed by atoms with E-state index < -0.39 is 0 Å². The molecule has 1 aromatic rings. The Bertz CT molecular complexity index is 273. The highest BCUT2D eigenvalue weighted by molar-refractivity contribution is 5.23. The average Bonchev–Trinajstić information content (AvgIpc) is 1.98. The Morgan fingerprint density at radius 2 is 2.27 bits per heavy atom. The number of rotatable bonds is 2. The third-order valence-corrected chi connectivity index (χ3v) is 1.47. The maximum Gasteiger partial charge on any atom is 0.126 e. The van der Waals surface area contributed by atoms with Gasteiger partial charge in [-0.2, -0.15) is 4.91 Å². The zero-order valence-corrected chi connectivity index (χ0v) is 6.17. The summed E-state index contributed by atoms with van der Waals surface area (Å²) < 4.78 is 12.6. The van der Waals surface area contributed by atoms with Gasteiger partial charge in [-0.3, -0.25) is 0 Å². The van der Waals surface area contributed by atoms with Gasteiger partial charge in [0.25, 0.3) is 0 Å². The minimum absolute atomic E-state index is 0.112. The summed E-state index contributed by atoms with van der Waals surface area (Å²) >= 11 is 0. The minimum atomic E-state index is -0.250. The summed E-state index contributed by atoms with van der Waals surface area (Å²) in [7, 11) is 0. The summed E-state index contributed by atoms with van der Waals surface area (Å²) in [6, 6.07) is 4.52. The summed E-state index contributed by atoms with van der Waals surface area (Å²) in [5.41, 5.74) is 1.30. The molecule has 0 aromatic heterocycles. The van der Waals surface area contributed by atoms with E-state index in [0.29, 0.717) is 5.56 Å². The minimum Gasteiger partial charge on any atom is -0.207 e. The summed E-state index contributed by atoms with van der Waals surface area (Å²) in [4.78, 5) is 9.83. The Kier molecular flexibility index (Phi) is 2.31. The van der Waals surface area contributed by atoms with Gasteiger partial charge in [0.1, 0.15) is 12.4 Å². The molecule has 0 saturated heterocycles. The first-order chi connectivity index (χ1) is 5.24. The van der Waals surface area contributed by atoms with Crippen LogP contribution >= 0.6 is 0 Å². The van der Waals surface area contributed by atoms with Gasteiger partial charge < -0.3 is 0 Å². The van der Waals surface area contributed by atoms with Gasteiger partial charge in [0.05, 0.1) is 0 Å². The fraction of sp³-hybridized carbons (Fsp3) is 0.250. The second-order valence-corrected chi connectivity index (χ2v) is 2.37. The van der Waals surface area contributed by atoms with E-state index in [9.17, 15) is 9.30 Å². The molecule has 3 heteroatoms. The van der Waals surface area contributed by atoms with Crippen LogP contribution in [0.25, 0.3) is 0 Å². The van der Waals surface area contributed by atoms with Crippen molar-refractivity contribution >= 4 is 0 Å². The molecule has 0 N–H and O–H groups in total. The van der Waals surface area contributed by atoms with E-state index in [1.165, 1.54) is 6.07 Å². The Morgan fingerprint density at radius 1 is 1.55 bits per heavy atom. The molecule has 0 fully saturated rings. The van der Waals surface area contributed by atoms with Crippen LogP contribution in [0.4, 0.5) is 4.39 Å². The van der Waals surface area contributed by atoms with Crippen molar-refractivity contribution in [3.05, 3.63) is 40.1 Å². The first-order valence-electron chi connectivity index (χ1n) is 3.28. The molecule has 11 heavy (non-hydrogen) atoms. The van der Waals surface area contributed by atoms with Crippen LogP contribution < -0.4 is 0 Å². The number of aryl methyl sites for hydroxylation is 1. The van der Waals surface area contributed by atoms with E-state index >= 15 is 0 Å². The molecule has 0 aliphatic heterocycles. The molecule has 1 rings (SSSR count). The van der Waals surface area contributed by atoms with Crippen molar-refractivity contribution in [1.29, 1.82) is 0 Å². The number of benzene rings is 1. The molecule has 0 amide bonds. The van der Waals surface area contributed by atoms with E-state index in [4.69, 9.17) is 0 Å². The van der Waals surface area contributed by atoms with Crippen LogP contribution in [0.3, 0.4) is 0 Å². The van der Waals surface area contributed by atoms with Gasteiger partial charge in [0.15, 0.2) is 0 Å². The third kappa shape index (κ3) is 1.83. The summed E-state index contributed by atoms with van der Waals surface area (Å²) in [6.07, 6.45) is 0. The fourth-order valence-corrected chi connectivity index (χ4v) is 0.880. The van der Waals surface area contributed by atoms with Crippen molar-refractivity contribution in [1.82, 2.24) is 0 Å². The molecule has 0 aliphatic rings. The van der Waals surface area contributed by atoms with E-state index in [2.05, 4.69) is 5.18 Å². The maximum absolute atomic E-state index is 12.6. The van der Waals surface area contributed by atoms with Gasteiger partial charge in [-0.05, 0) is 24.1 Å². The molecule has 0 heterocycles. The smallest absolute Gasteiger partial charge is 0.126 e. The normalized spacial score (nSPS) is 9.64. The van der Waals surface area contributed by atoms with Gasteiger partial charge >= 0.3 is 0 Å². The number of nitroso groups, excluding NO2 is 1.